The van der Waals surface area contributed by atoms with Gasteiger partial charge in [-0.2, -0.15) is 0 Å². The number of nitrogens with one attached hydrogen (secondary N) is 1. The lowest BCUT2D eigenvalue weighted by Crippen LogP contribution is -2.54. The molecule has 1 fully saturated rings. The van der Waals surface area contributed by atoms with Crippen LogP contribution in [0.3, 0.4) is 0 Å². The molecule has 3 aromatic rings. The van der Waals surface area contributed by atoms with Gasteiger partial charge in [0.15, 0.2) is 23.8 Å². The van der Waals surface area contributed by atoms with Crippen LogP contribution in [0.25, 0.3) is 11.2 Å². The van der Waals surface area contributed by atoms with E-state index in [2.05, 4.69) is 20.3 Å². The smallest absolute Gasteiger partial charge is 0.335 e. The van der Waals surface area contributed by atoms with E-state index in [9.17, 15) is 24.2 Å². The van der Waals surface area contributed by atoms with E-state index in [0.717, 1.165) is 0 Å². The number of halogens is 1. The highest BCUT2D eigenvalue weighted by molar-refractivity contribution is 5.84. The summed E-state index contributed by atoms with van der Waals surface area (Å²) in [6.45, 7) is 0. The normalized spacial score (nSPS) is 23.8. The third-order valence-electron chi connectivity index (χ3n) is 5.19. The largest absolute Gasteiger partial charge is 0.479 e. The molecule has 1 aliphatic heterocycles. The number of nitrogen functional groups attached to an aromatic ring is 1. The second-order valence-electron chi connectivity index (χ2n) is 7.33. The molecular weight excluding hydrogens is 425 g/mol. The lowest BCUT2D eigenvalue weighted by molar-refractivity contribution is -0.152. The van der Waals surface area contributed by atoms with Gasteiger partial charge in [-0.05, 0) is 24.1 Å². The maximum atomic E-state index is 13.1. The van der Waals surface area contributed by atoms with Gasteiger partial charge in [0.2, 0.25) is 5.91 Å². The molecule has 12 nitrogen and oxygen atoms in total. The van der Waals surface area contributed by atoms with Crippen molar-refractivity contribution in [2.24, 2.45) is 5.73 Å². The molecular formula is C19H20FN7O5. The van der Waals surface area contributed by atoms with Gasteiger partial charge in [0.1, 0.15) is 23.8 Å². The number of carboxylic acids is 1. The molecule has 32 heavy (non-hydrogen) atoms. The van der Waals surface area contributed by atoms with E-state index in [1.807, 2.05) is 0 Å². The van der Waals surface area contributed by atoms with E-state index >= 15 is 0 Å². The summed E-state index contributed by atoms with van der Waals surface area (Å²) in [5, 5.41) is 22.8. The highest BCUT2D eigenvalue weighted by Crippen LogP contribution is 2.32. The zero-order valence-corrected chi connectivity index (χ0v) is 16.5. The van der Waals surface area contributed by atoms with Crippen molar-refractivity contribution in [1.82, 2.24) is 24.8 Å². The average Bonchev–Trinajstić information content (AvgIpc) is 3.32. The summed E-state index contributed by atoms with van der Waals surface area (Å²) >= 11 is 0. The number of aliphatic carboxylic acids is 1. The molecule has 3 heterocycles. The highest BCUT2D eigenvalue weighted by Gasteiger charge is 2.49. The number of amides is 1. The van der Waals surface area contributed by atoms with Crippen molar-refractivity contribution >= 4 is 28.9 Å². The van der Waals surface area contributed by atoms with Crippen LogP contribution in [0, 0.1) is 5.82 Å². The number of aliphatic hydroxyl groups is 1. The number of carboxylic acid groups (broad SMARTS) is 1. The number of hydrogen-bond acceptors (Lipinski definition) is 9. The molecule has 1 aliphatic rings. The Bertz CT molecular complexity index is 1150. The maximum absolute atomic E-state index is 13.1. The van der Waals surface area contributed by atoms with Crippen LogP contribution in [0.2, 0.25) is 0 Å². The number of benzene rings is 1. The molecule has 4 rings (SSSR count). The lowest BCUT2D eigenvalue weighted by atomic mass is 10.0. The van der Waals surface area contributed by atoms with E-state index in [1.165, 1.54) is 41.5 Å². The fourth-order valence-corrected chi connectivity index (χ4v) is 3.57. The second kappa shape index (κ2) is 8.45. The van der Waals surface area contributed by atoms with Crippen LogP contribution in [0.4, 0.5) is 10.2 Å². The van der Waals surface area contributed by atoms with Gasteiger partial charge in [-0.25, -0.2) is 24.1 Å². The van der Waals surface area contributed by atoms with Gasteiger partial charge in [0, 0.05) is 0 Å². The van der Waals surface area contributed by atoms with Crippen LogP contribution in [0.5, 0.6) is 0 Å². The molecule has 1 unspecified atom stereocenters. The molecule has 0 spiro atoms. The van der Waals surface area contributed by atoms with Crippen LogP contribution in [-0.2, 0) is 20.7 Å². The number of hydrogen-bond donors (Lipinski definition) is 5. The molecule has 1 aromatic carbocycles. The standard InChI is InChI=1S/C19H20FN7O5/c20-9-3-1-8(2-4-9)5-10(21)17(29)26-11-13(28)18(32-14(11)19(30)31)27-7-25-12-15(22)23-6-24-16(12)27/h1-4,6-7,10-11,13-14,18,28H,5,21H2,(H,26,29)(H,30,31)(H2,22,23,24)/t10?,11-,13+,14-,18+/m0/s1. The molecule has 0 bridgehead atoms. The number of aliphatic hydroxyl groups excluding tert-OH is 1. The van der Waals surface area contributed by atoms with Crippen molar-refractivity contribution in [1.29, 1.82) is 0 Å². The van der Waals surface area contributed by atoms with Gasteiger partial charge in [-0.3, -0.25) is 9.36 Å². The molecule has 1 saturated heterocycles. The zero-order chi connectivity index (χ0) is 23.0. The minimum Gasteiger partial charge on any atom is -0.479 e. The first-order valence-electron chi connectivity index (χ1n) is 9.56. The van der Waals surface area contributed by atoms with Crippen LogP contribution in [0.1, 0.15) is 11.8 Å². The second-order valence-corrected chi connectivity index (χ2v) is 7.33. The maximum Gasteiger partial charge on any atom is 0.335 e. The van der Waals surface area contributed by atoms with Crippen molar-refractivity contribution in [3.8, 4) is 0 Å². The van der Waals surface area contributed by atoms with Crippen LogP contribution >= 0.6 is 0 Å². The van der Waals surface area contributed by atoms with Crippen molar-refractivity contribution in [2.45, 2.75) is 36.9 Å². The lowest BCUT2D eigenvalue weighted by Gasteiger charge is -2.22. The summed E-state index contributed by atoms with van der Waals surface area (Å²) in [6.07, 6.45) is -1.68. The highest BCUT2D eigenvalue weighted by atomic mass is 19.1. The SMILES string of the molecule is Nc1ncnc2c1ncn2[C@@H]1O[C@H](C(=O)O)[C@@H](NC(=O)C(N)Cc2ccc(F)cc2)[C@H]1O. The summed E-state index contributed by atoms with van der Waals surface area (Å²) in [7, 11) is 0. The average molecular weight is 445 g/mol. The zero-order valence-electron chi connectivity index (χ0n) is 16.5. The van der Waals surface area contributed by atoms with Crippen molar-refractivity contribution < 1.29 is 28.9 Å². The Kier molecular flexibility index (Phi) is 5.69. The third-order valence-corrected chi connectivity index (χ3v) is 5.19. The number of ether oxygens (including phenoxy) is 1. The monoisotopic (exact) mass is 445 g/mol. The number of fused-ring (bicyclic) bond motifs is 1. The first-order chi connectivity index (χ1) is 15.3. The van der Waals surface area contributed by atoms with Crippen molar-refractivity contribution in [3.05, 3.63) is 48.3 Å². The van der Waals surface area contributed by atoms with E-state index in [4.69, 9.17) is 16.2 Å². The predicted octanol–water partition coefficient (Wildman–Crippen LogP) is -1.05. The first kappa shape index (κ1) is 21.5. The Morgan fingerprint density at radius 3 is 2.66 bits per heavy atom. The number of imidazole rings is 1. The molecule has 0 aliphatic carbocycles. The minimum absolute atomic E-state index is 0.0826. The van der Waals surface area contributed by atoms with E-state index in [0.29, 0.717) is 5.56 Å². The van der Waals surface area contributed by atoms with Crippen LogP contribution in [-0.4, -0.2) is 65.9 Å². The van der Waals surface area contributed by atoms with E-state index in [1.54, 1.807) is 0 Å². The Balaban J connectivity index is 1.53. The van der Waals surface area contributed by atoms with Crippen LogP contribution < -0.4 is 16.8 Å². The predicted molar refractivity (Wildman–Crippen MR) is 107 cm³/mol. The van der Waals surface area contributed by atoms with E-state index in [-0.39, 0.29) is 23.4 Å². The third kappa shape index (κ3) is 3.95. The van der Waals surface area contributed by atoms with Crippen molar-refractivity contribution in [2.75, 3.05) is 5.73 Å². The Morgan fingerprint density at radius 2 is 1.97 bits per heavy atom. The Morgan fingerprint density at radius 1 is 1.25 bits per heavy atom. The molecule has 5 atom stereocenters. The number of nitrogens with zero attached hydrogens (tertiary/aromatic N) is 4. The first-order valence-corrected chi connectivity index (χ1v) is 9.56. The molecule has 168 valence electrons. The summed E-state index contributed by atoms with van der Waals surface area (Å²) in [5.74, 6) is -2.40. The molecule has 0 saturated carbocycles. The number of carbonyl (C=O) groups excluding carboxylic acids is 1. The van der Waals surface area contributed by atoms with Crippen LogP contribution in [0.15, 0.2) is 36.9 Å². The van der Waals surface area contributed by atoms with E-state index < -0.39 is 48.2 Å². The quantitative estimate of drug-likeness (QED) is 0.312. The molecule has 0 radical (unpaired) electrons. The number of carbonyl (C=O) groups is 2. The number of rotatable bonds is 6. The Hall–Kier alpha value is -3.68. The molecule has 1 amide bonds. The van der Waals surface area contributed by atoms with Gasteiger partial charge in [-0.15, -0.1) is 0 Å². The number of nitrogens with two attached hydrogens (primary N) is 2. The van der Waals surface area contributed by atoms with Gasteiger partial charge in [0.05, 0.1) is 18.4 Å². The summed E-state index contributed by atoms with van der Waals surface area (Å²) in [4.78, 5) is 36.3. The van der Waals surface area contributed by atoms with Gasteiger partial charge in [-0.1, -0.05) is 12.1 Å². The number of aromatic nitrogens is 4. The Labute approximate surface area is 180 Å². The fraction of sp³-hybridized carbons (Fsp3) is 0.316. The molecule has 13 heteroatoms. The minimum atomic E-state index is -1.56. The molecule has 2 aromatic heterocycles. The summed E-state index contributed by atoms with van der Waals surface area (Å²) in [5.41, 5.74) is 12.8. The van der Waals surface area contributed by atoms with Gasteiger partial charge in [0.25, 0.3) is 0 Å². The van der Waals surface area contributed by atoms with Gasteiger partial charge >= 0.3 is 5.97 Å². The summed E-state index contributed by atoms with van der Waals surface area (Å²) < 4.78 is 19.9. The topological polar surface area (TPSA) is 192 Å². The van der Waals surface area contributed by atoms with Gasteiger partial charge < -0.3 is 31.7 Å². The fourth-order valence-electron chi connectivity index (χ4n) is 3.57. The summed E-state index contributed by atoms with van der Waals surface area (Å²) in [6, 6.07) is 3.09. The molecule has 7 N–H and O–H groups in total. The van der Waals surface area contributed by atoms with Crippen molar-refractivity contribution in [3.63, 3.8) is 0 Å². The number of anilines is 1.